The molecule has 0 saturated heterocycles. The molecule has 4 rings (SSSR count). The molecule has 6 nitrogen and oxygen atoms in total. The van der Waals surface area contributed by atoms with Gasteiger partial charge in [0.25, 0.3) is 5.56 Å². The second-order valence-corrected chi connectivity index (χ2v) is 7.52. The molecule has 1 fully saturated rings. The number of nitrogens with zero attached hydrogens (tertiary/aromatic N) is 3. The molecule has 0 radical (unpaired) electrons. The molecule has 140 valence electrons. The van der Waals surface area contributed by atoms with Crippen LogP contribution >= 0.6 is 0 Å². The normalized spacial score (nSPS) is 18.6. The molecule has 1 saturated carbocycles. The summed E-state index contributed by atoms with van der Waals surface area (Å²) < 4.78 is 7.23. The first-order valence-electron chi connectivity index (χ1n) is 9.21. The number of likely N-dealkylation sites (N-methyl/N-ethyl adjacent to an activating group) is 1. The van der Waals surface area contributed by atoms with Gasteiger partial charge < -0.3 is 9.32 Å². The van der Waals surface area contributed by atoms with E-state index in [0.717, 1.165) is 17.1 Å². The van der Waals surface area contributed by atoms with Crippen LogP contribution in [-0.4, -0.2) is 27.4 Å². The van der Waals surface area contributed by atoms with E-state index in [9.17, 15) is 9.59 Å². The fraction of sp³-hybridized carbons (Fsp3) is 0.381. The van der Waals surface area contributed by atoms with Crippen molar-refractivity contribution in [1.29, 1.82) is 0 Å². The summed E-state index contributed by atoms with van der Waals surface area (Å²) in [6.45, 7) is 4.46. The maximum absolute atomic E-state index is 12.6. The molecule has 0 aliphatic heterocycles. The smallest absolute Gasteiger partial charge is 0.261 e. The minimum absolute atomic E-state index is 0.0422. The maximum Gasteiger partial charge on any atom is 0.261 e. The Morgan fingerprint density at radius 3 is 2.85 bits per heavy atom. The summed E-state index contributed by atoms with van der Waals surface area (Å²) in [7, 11) is 1.72. The van der Waals surface area contributed by atoms with Crippen LogP contribution in [-0.2, 0) is 17.9 Å². The maximum atomic E-state index is 12.6. The molecule has 1 aliphatic rings. The minimum atomic E-state index is -0.201. The van der Waals surface area contributed by atoms with E-state index in [0.29, 0.717) is 29.3 Å². The van der Waals surface area contributed by atoms with Crippen molar-refractivity contribution in [1.82, 2.24) is 14.5 Å². The van der Waals surface area contributed by atoms with Crippen LogP contribution in [0.3, 0.4) is 0 Å². The van der Waals surface area contributed by atoms with Gasteiger partial charge in [-0.05, 0) is 43.0 Å². The number of hydrogen-bond acceptors (Lipinski definition) is 4. The molecular formula is C21H23N3O3. The Labute approximate surface area is 157 Å². The Hall–Kier alpha value is -2.89. The summed E-state index contributed by atoms with van der Waals surface area (Å²) in [4.78, 5) is 31.1. The van der Waals surface area contributed by atoms with Gasteiger partial charge in [0.2, 0.25) is 5.91 Å². The molecule has 2 aromatic heterocycles. The van der Waals surface area contributed by atoms with Gasteiger partial charge in [0, 0.05) is 13.0 Å². The third kappa shape index (κ3) is 3.39. The number of benzene rings is 1. The van der Waals surface area contributed by atoms with E-state index in [4.69, 9.17) is 4.42 Å². The highest BCUT2D eigenvalue weighted by molar-refractivity contribution is 5.81. The number of aromatic nitrogens is 2. The van der Waals surface area contributed by atoms with Crippen molar-refractivity contribution < 1.29 is 9.21 Å². The SMILES string of the molecule is Cc1cccc2c(=O)n(CC(=O)N(C)Cc3ccc([C@@H]4C[C@H]4C)o3)cnc12. The molecule has 0 N–H and O–H groups in total. The molecule has 2 atom stereocenters. The number of aryl methyl sites for hydroxylation is 1. The van der Waals surface area contributed by atoms with Crippen LogP contribution in [0.25, 0.3) is 10.9 Å². The topological polar surface area (TPSA) is 68.3 Å². The van der Waals surface area contributed by atoms with Gasteiger partial charge in [0.05, 0.1) is 23.8 Å². The summed E-state index contributed by atoms with van der Waals surface area (Å²) in [5.41, 5.74) is 1.42. The zero-order valence-electron chi connectivity index (χ0n) is 15.8. The van der Waals surface area contributed by atoms with Gasteiger partial charge in [-0.15, -0.1) is 0 Å². The lowest BCUT2D eigenvalue weighted by molar-refractivity contribution is -0.131. The summed E-state index contributed by atoms with van der Waals surface area (Å²) in [5.74, 6) is 2.80. The molecule has 3 aromatic rings. The standard InChI is InChI=1S/C21H23N3O3/c1-13-5-4-6-16-20(13)22-12-24(21(16)26)11-19(25)23(3)10-15-7-8-18(27-15)17-9-14(17)2/h4-8,12,14,17H,9-11H2,1-3H3/t14-,17-/m1/s1. The van der Waals surface area contributed by atoms with Crippen LogP contribution in [0.1, 0.15) is 36.3 Å². The summed E-state index contributed by atoms with van der Waals surface area (Å²) >= 11 is 0. The van der Waals surface area contributed by atoms with Crippen LogP contribution in [0.15, 0.2) is 45.9 Å². The van der Waals surface area contributed by atoms with E-state index in [-0.39, 0.29) is 18.0 Å². The van der Waals surface area contributed by atoms with Crippen molar-refractivity contribution in [3.8, 4) is 0 Å². The van der Waals surface area contributed by atoms with Crippen LogP contribution in [0, 0.1) is 12.8 Å². The summed E-state index contributed by atoms with van der Waals surface area (Å²) in [5, 5.41) is 0.530. The largest absolute Gasteiger partial charge is 0.464 e. The second-order valence-electron chi connectivity index (χ2n) is 7.52. The number of carbonyl (C=O) groups is 1. The van der Waals surface area contributed by atoms with Crippen LogP contribution in [0.2, 0.25) is 0 Å². The molecule has 1 amide bonds. The highest BCUT2D eigenvalue weighted by Crippen LogP contribution is 2.47. The minimum Gasteiger partial charge on any atom is -0.464 e. The molecule has 0 spiro atoms. The second kappa shape index (κ2) is 6.68. The first-order valence-corrected chi connectivity index (χ1v) is 9.21. The molecule has 27 heavy (non-hydrogen) atoms. The lowest BCUT2D eigenvalue weighted by Crippen LogP contribution is -2.33. The van der Waals surface area contributed by atoms with Crippen molar-refractivity contribution in [2.24, 2.45) is 5.92 Å². The molecule has 0 unspecified atom stereocenters. The van der Waals surface area contributed by atoms with Gasteiger partial charge in [0.1, 0.15) is 18.1 Å². The first kappa shape index (κ1) is 17.5. The van der Waals surface area contributed by atoms with Crippen molar-refractivity contribution in [2.75, 3.05) is 7.05 Å². The van der Waals surface area contributed by atoms with Gasteiger partial charge in [-0.25, -0.2) is 4.98 Å². The molecular weight excluding hydrogens is 342 g/mol. The third-order valence-electron chi connectivity index (χ3n) is 5.34. The average molecular weight is 365 g/mol. The molecule has 6 heteroatoms. The summed E-state index contributed by atoms with van der Waals surface area (Å²) in [6, 6.07) is 9.41. The molecule has 0 bridgehead atoms. The summed E-state index contributed by atoms with van der Waals surface area (Å²) in [6.07, 6.45) is 2.61. The highest BCUT2D eigenvalue weighted by atomic mass is 16.3. The van der Waals surface area contributed by atoms with Crippen molar-refractivity contribution in [3.63, 3.8) is 0 Å². The zero-order chi connectivity index (χ0) is 19.1. The highest BCUT2D eigenvalue weighted by Gasteiger charge is 2.36. The van der Waals surface area contributed by atoms with Crippen molar-refractivity contribution >= 4 is 16.8 Å². The predicted molar refractivity (Wildman–Crippen MR) is 102 cm³/mol. The van der Waals surface area contributed by atoms with Gasteiger partial charge in [0.15, 0.2) is 0 Å². The molecule has 2 heterocycles. The quantitative estimate of drug-likeness (QED) is 0.697. The predicted octanol–water partition coefficient (Wildman–Crippen LogP) is 3.08. The van der Waals surface area contributed by atoms with E-state index in [1.807, 2.05) is 31.2 Å². The first-order chi connectivity index (χ1) is 12.9. The number of fused-ring (bicyclic) bond motifs is 1. The van der Waals surface area contributed by atoms with Gasteiger partial charge in [-0.2, -0.15) is 0 Å². The number of para-hydroxylation sites is 1. The van der Waals surface area contributed by atoms with Crippen LogP contribution in [0.4, 0.5) is 0 Å². The lowest BCUT2D eigenvalue weighted by atomic mass is 10.1. The Morgan fingerprint density at radius 1 is 1.33 bits per heavy atom. The third-order valence-corrected chi connectivity index (χ3v) is 5.34. The van der Waals surface area contributed by atoms with E-state index in [1.165, 1.54) is 17.3 Å². The van der Waals surface area contributed by atoms with Gasteiger partial charge in [-0.3, -0.25) is 14.2 Å². The zero-order valence-corrected chi connectivity index (χ0v) is 15.8. The molecule has 1 aliphatic carbocycles. The van der Waals surface area contributed by atoms with E-state index < -0.39 is 0 Å². The Kier molecular flexibility index (Phi) is 4.34. The fourth-order valence-electron chi connectivity index (χ4n) is 3.44. The number of carbonyl (C=O) groups excluding carboxylic acids is 1. The van der Waals surface area contributed by atoms with E-state index in [1.54, 1.807) is 18.0 Å². The number of rotatable bonds is 5. The number of furan rings is 1. The number of amides is 1. The monoisotopic (exact) mass is 365 g/mol. The van der Waals surface area contributed by atoms with Crippen LogP contribution in [0.5, 0.6) is 0 Å². The van der Waals surface area contributed by atoms with E-state index >= 15 is 0 Å². The van der Waals surface area contributed by atoms with Crippen molar-refractivity contribution in [2.45, 2.75) is 39.3 Å². The van der Waals surface area contributed by atoms with Gasteiger partial charge >= 0.3 is 0 Å². The Balaban J connectivity index is 1.47. The Morgan fingerprint density at radius 2 is 2.11 bits per heavy atom. The average Bonchev–Trinajstić information content (AvgIpc) is 3.19. The van der Waals surface area contributed by atoms with E-state index in [2.05, 4.69) is 11.9 Å². The lowest BCUT2D eigenvalue weighted by Gasteiger charge is -2.16. The van der Waals surface area contributed by atoms with Crippen LogP contribution < -0.4 is 5.56 Å². The van der Waals surface area contributed by atoms with Crippen molar-refractivity contribution in [3.05, 3.63) is 64.1 Å². The molecule has 1 aromatic carbocycles. The fourth-order valence-corrected chi connectivity index (χ4v) is 3.44. The number of hydrogen-bond donors (Lipinski definition) is 0. The van der Waals surface area contributed by atoms with Gasteiger partial charge in [-0.1, -0.05) is 19.1 Å². The Bertz CT molecular complexity index is 1070.